The molecule has 0 aliphatic heterocycles. The third-order valence-electron chi connectivity index (χ3n) is 2.43. The summed E-state index contributed by atoms with van der Waals surface area (Å²) in [5.74, 6) is -0.331. The third-order valence-corrected chi connectivity index (χ3v) is 2.43. The van der Waals surface area contributed by atoms with Gasteiger partial charge >= 0.3 is 0 Å². The van der Waals surface area contributed by atoms with Crippen molar-refractivity contribution in [2.75, 3.05) is 26.2 Å². The number of alkyl halides is 2. The number of carbonyl (C=O) groups excluding carboxylic acids is 1. The Morgan fingerprint density at radius 3 is 2.69 bits per heavy atom. The number of halogens is 2. The van der Waals surface area contributed by atoms with Crippen LogP contribution in [0.3, 0.4) is 0 Å². The summed E-state index contributed by atoms with van der Waals surface area (Å²) in [6.45, 7) is -0.376. The van der Waals surface area contributed by atoms with Crippen LogP contribution in [-0.2, 0) is 4.79 Å². The Kier molecular flexibility index (Phi) is 5.62. The highest BCUT2D eigenvalue weighted by Gasteiger charge is 2.21. The molecule has 0 aromatic heterocycles. The minimum atomic E-state index is -2.55. The van der Waals surface area contributed by atoms with Crippen molar-refractivity contribution in [2.45, 2.75) is 31.7 Å². The van der Waals surface area contributed by atoms with Gasteiger partial charge in [-0.3, -0.25) is 4.79 Å². The van der Waals surface area contributed by atoms with Crippen molar-refractivity contribution in [1.82, 2.24) is 10.2 Å². The summed E-state index contributed by atoms with van der Waals surface area (Å²) in [6.07, 6.45) is -0.0766. The Hall–Kier alpha value is -0.750. The van der Waals surface area contributed by atoms with Crippen molar-refractivity contribution in [2.24, 2.45) is 0 Å². The summed E-state index contributed by atoms with van der Waals surface area (Å²) in [4.78, 5) is 12.5. The van der Waals surface area contributed by atoms with Gasteiger partial charge in [0, 0.05) is 25.6 Å². The maximum Gasteiger partial charge on any atom is 0.255 e. The molecule has 1 saturated carbocycles. The van der Waals surface area contributed by atoms with E-state index >= 15 is 0 Å². The first-order valence-electron chi connectivity index (χ1n) is 5.53. The van der Waals surface area contributed by atoms with E-state index in [-0.39, 0.29) is 25.5 Å². The smallest absolute Gasteiger partial charge is 0.255 e. The van der Waals surface area contributed by atoms with Crippen molar-refractivity contribution in [3.05, 3.63) is 0 Å². The zero-order valence-electron chi connectivity index (χ0n) is 9.16. The molecular formula is C10H18F2N2O2. The van der Waals surface area contributed by atoms with Crippen LogP contribution in [0, 0.1) is 0 Å². The van der Waals surface area contributed by atoms with E-state index < -0.39 is 13.0 Å². The molecule has 2 N–H and O–H groups in total. The predicted octanol–water partition coefficient (Wildman–Crippen LogP) is 0.214. The molecule has 0 heterocycles. The van der Waals surface area contributed by atoms with Gasteiger partial charge in [-0.1, -0.05) is 0 Å². The molecule has 0 bridgehead atoms. The van der Waals surface area contributed by atoms with Crippen molar-refractivity contribution in [3.63, 3.8) is 0 Å². The second-order valence-corrected chi connectivity index (χ2v) is 3.93. The predicted molar refractivity (Wildman–Crippen MR) is 55.3 cm³/mol. The number of hydrogen-bond donors (Lipinski definition) is 2. The van der Waals surface area contributed by atoms with Crippen molar-refractivity contribution in [3.8, 4) is 0 Å². The molecule has 1 fully saturated rings. The SMILES string of the molecule is O=C(CCNC1CC1)N(CCO)CC(F)F. The molecule has 0 aromatic rings. The molecule has 0 spiro atoms. The summed E-state index contributed by atoms with van der Waals surface area (Å²) in [6, 6.07) is 0.509. The Morgan fingerprint density at radius 1 is 1.50 bits per heavy atom. The molecule has 4 nitrogen and oxygen atoms in total. The first-order valence-corrected chi connectivity index (χ1v) is 5.53. The molecular weight excluding hydrogens is 218 g/mol. The van der Waals surface area contributed by atoms with Crippen LogP contribution in [0.2, 0.25) is 0 Å². The average Bonchev–Trinajstić information content (AvgIpc) is 3.00. The van der Waals surface area contributed by atoms with E-state index in [2.05, 4.69) is 5.32 Å². The van der Waals surface area contributed by atoms with Gasteiger partial charge in [-0.25, -0.2) is 8.78 Å². The minimum Gasteiger partial charge on any atom is -0.395 e. The lowest BCUT2D eigenvalue weighted by atomic mass is 10.3. The lowest BCUT2D eigenvalue weighted by Gasteiger charge is -2.21. The summed E-state index contributed by atoms with van der Waals surface area (Å²) >= 11 is 0. The van der Waals surface area contributed by atoms with Crippen LogP contribution in [0.25, 0.3) is 0 Å². The second-order valence-electron chi connectivity index (χ2n) is 3.93. The molecule has 94 valence electrons. The van der Waals surface area contributed by atoms with Gasteiger partial charge in [0.25, 0.3) is 6.43 Å². The molecule has 0 unspecified atom stereocenters. The second kappa shape index (κ2) is 6.75. The third kappa shape index (κ3) is 5.37. The highest BCUT2D eigenvalue weighted by Crippen LogP contribution is 2.18. The van der Waals surface area contributed by atoms with E-state index in [4.69, 9.17) is 5.11 Å². The quantitative estimate of drug-likeness (QED) is 0.633. The molecule has 6 heteroatoms. The molecule has 0 radical (unpaired) electrons. The molecule has 0 atom stereocenters. The van der Waals surface area contributed by atoms with E-state index in [0.29, 0.717) is 12.6 Å². The van der Waals surface area contributed by atoms with Gasteiger partial charge in [0.2, 0.25) is 5.91 Å². The van der Waals surface area contributed by atoms with Crippen molar-refractivity contribution < 1.29 is 18.7 Å². The standard InChI is InChI=1S/C10H18F2N2O2/c11-9(12)7-14(5-6-15)10(16)3-4-13-8-1-2-8/h8-9,13,15H,1-7H2. The highest BCUT2D eigenvalue weighted by atomic mass is 19.3. The number of aliphatic hydroxyl groups excluding tert-OH is 1. The van der Waals surface area contributed by atoms with Gasteiger partial charge < -0.3 is 15.3 Å². The average molecular weight is 236 g/mol. The fourth-order valence-corrected chi connectivity index (χ4v) is 1.43. The fourth-order valence-electron chi connectivity index (χ4n) is 1.43. The Morgan fingerprint density at radius 2 is 2.19 bits per heavy atom. The van der Waals surface area contributed by atoms with E-state index in [9.17, 15) is 13.6 Å². The van der Waals surface area contributed by atoms with Crippen LogP contribution in [0.15, 0.2) is 0 Å². The topological polar surface area (TPSA) is 52.6 Å². The molecule has 1 aliphatic carbocycles. The van der Waals surface area contributed by atoms with Crippen LogP contribution < -0.4 is 5.32 Å². The van der Waals surface area contributed by atoms with Gasteiger partial charge in [0.15, 0.2) is 0 Å². The summed E-state index contributed by atoms with van der Waals surface area (Å²) in [5, 5.41) is 11.8. The first-order chi connectivity index (χ1) is 7.63. The van der Waals surface area contributed by atoms with Crippen molar-refractivity contribution >= 4 is 5.91 Å². The summed E-state index contributed by atoms with van der Waals surface area (Å²) < 4.78 is 24.3. The van der Waals surface area contributed by atoms with Crippen molar-refractivity contribution in [1.29, 1.82) is 0 Å². The van der Waals surface area contributed by atoms with Crippen LogP contribution in [0.1, 0.15) is 19.3 Å². The normalized spacial score (nSPS) is 15.5. The maximum absolute atomic E-state index is 12.1. The number of amides is 1. The molecule has 1 aliphatic rings. The van der Waals surface area contributed by atoms with Gasteiger partial charge in [0.1, 0.15) is 0 Å². The van der Waals surface area contributed by atoms with Crippen LogP contribution in [0.4, 0.5) is 8.78 Å². The molecule has 0 aromatic carbocycles. The zero-order chi connectivity index (χ0) is 12.0. The van der Waals surface area contributed by atoms with Gasteiger partial charge in [-0.2, -0.15) is 0 Å². The monoisotopic (exact) mass is 236 g/mol. The number of nitrogens with zero attached hydrogens (tertiary/aromatic N) is 1. The number of rotatable bonds is 8. The van der Waals surface area contributed by atoms with Gasteiger partial charge in [0.05, 0.1) is 13.2 Å². The van der Waals surface area contributed by atoms with Crippen LogP contribution in [0.5, 0.6) is 0 Å². The Labute approximate surface area is 93.6 Å². The van der Waals surface area contributed by atoms with Crippen LogP contribution in [-0.4, -0.2) is 54.6 Å². The number of aliphatic hydroxyl groups is 1. The zero-order valence-corrected chi connectivity index (χ0v) is 9.16. The Balaban J connectivity index is 2.21. The van der Waals surface area contributed by atoms with E-state index in [1.807, 2.05) is 0 Å². The lowest BCUT2D eigenvalue weighted by Crippen LogP contribution is -2.38. The van der Waals surface area contributed by atoms with E-state index in [1.54, 1.807) is 0 Å². The molecule has 1 rings (SSSR count). The van der Waals surface area contributed by atoms with Crippen LogP contribution >= 0.6 is 0 Å². The molecule has 1 amide bonds. The number of carbonyl (C=O) groups is 1. The Bertz CT molecular complexity index is 223. The van der Waals surface area contributed by atoms with E-state index in [1.165, 1.54) is 0 Å². The maximum atomic E-state index is 12.1. The highest BCUT2D eigenvalue weighted by molar-refractivity contribution is 5.76. The largest absolute Gasteiger partial charge is 0.395 e. The minimum absolute atomic E-state index is 0.0212. The number of hydrogen-bond acceptors (Lipinski definition) is 3. The summed E-state index contributed by atoms with van der Waals surface area (Å²) in [5.41, 5.74) is 0. The van der Waals surface area contributed by atoms with E-state index in [0.717, 1.165) is 17.7 Å². The first kappa shape index (κ1) is 13.3. The van der Waals surface area contributed by atoms with Gasteiger partial charge in [-0.15, -0.1) is 0 Å². The molecule has 0 saturated heterocycles. The number of nitrogens with one attached hydrogen (secondary N) is 1. The fraction of sp³-hybridized carbons (Fsp3) is 0.900. The molecule has 16 heavy (non-hydrogen) atoms. The van der Waals surface area contributed by atoms with Gasteiger partial charge in [-0.05, 0) is 12.8 Å². The lowest BCUT2D eigenvalue weighted by molar-refractivity contribution is -0.133. The summed E-state index contributed by atoms with van der Waals surface area (Å²) in [7, 11) is 0.